The molecule has 5 nitrogen and oxygen atoms in total. The Morgan fingerprint density at radius 2 is 1.96 bits per heavy atom. The number of carbonyl (C=O) groups is 1. The Kier molecular flexibility index (Phi) is 4.14. The van der Waals surface area contributed by atoms with Gasteiger partial charge in [-0.05, 0) is 54.8 Å². The summed E-state index contributed by atoms with van der Waals surface area (Å²) in [5.74, 6) is 0.335. The van der Waals surface area contributed by atoms with Crippen molar-refractivity contribution in [1.29, 1.82) is 0 Å². The SMILES string of the molecule is CC(=O)OC1C[C@@]2(C)C(=CC=C3[C@H]2CC[C@]2(C)C(N)C(O)C[C@@H]32)CC1O. The molecule has 4 N–H and O–H groups in total. The second kappa shape index (κ2) is 5.91. The molecule has 4 aliphatic rings. The van der Waals surface area contributed by atoms with Crippen LogP contribution in [0.1, 0.15) is 52.9 Å². The van der Waals surface area contributed by atoms with Gasteiger partial charge in [-0.15, -0.1) is 0 Å². The molecule has 0 aromatic heterocycles. The van der Waals surface area contributed by atoms with Gasteiger partial charge in [0, 0.05) is 13.0 Å². The second-order valence-electron chi connectivity index (χ2n) is 9.38. The quantitative estimate of drug-likeness (QED) is 0.622. The summed E-state index contributed by atoms with van der Waals surface area (Å²) in [7, 11) is 0. The maximum Gasteiger partial charge on any atom is 0.302 e. The highest BCUT2D eigenvalue weighted by atomic mass is 16.6. The smallest absolute Gasteiger partial charge is 0.302 e. The van der Waals surface area contributed by atoms with E-state index in [2.05, 4.69) is 26.0 Å². The van der Waals surface area contributed by atoms with Crippen LogP contribution in [0, 0.1) is 22.7 Å². The van der Waals surface area contributed by atoms with E-state index in [1.807, 2.05) is 0 Å². The summed E-state index contributed by atoms with van der Waals surface area (Å²) in [5.41, 5.74) is 8.86. The molecule has 4 aliphatic carbocycles. The molecule has 3 fully saturated rings. The van der Waals surface area contributed by atoms with Crippen molar-refractivity contribution in [2.45, 2.75) is 77.2 Å². The third-order valence-corrected chi connectivity index (χ3v) is 8.01. The van der Waals surface area contributed by atoms with Gasteiger partial charge in [-0.25, -0.2) is 0 Å². The highest BCUT2D eigenvalue weighted by molar-refractivity contribution is 5.66. The third-order valence-electron chi connectivity index (χ3n) is 8.01. The zero-order valence-electron chi connectivity index (χ0n) is 15.9. The van der Waals surface area contributed by atoms with E-state index < -0.39 is 18.3 Å². The Morgan fingerprint density at radius 3 is 2.65 bits per heavy atom. The predicted octanol–water partition coefficient (Wildman–Crippen LogP) is 2.07. The Labute approximate surface area is 155 Å². The van der Waals surface area contributed by atoms with Gasteiger partial charge < -0.3 is 20.7 Å². The minimum absolute atomic E-state index is 0.0487. The van der Waals surface area contributed by atoms with Crippen molar-refractivity contribution < 1.29 is 19.7 Å². The van der Waals surface area contributed by atoms with Gasteiger partial charge in [0.1, 0.15) is 6.10 Å². The maximum absolute atomic E-state index is 11.5. The molecule has 8 atom stereocenters. The largest absolute Gasteiger partial charge is 0.460 e. The first-order valence-corrected chi connectivity index (χ1v) is 9.87. The van der Waals surface area contributed by atoms with E-state index in [9.17, 15) is 15.0 Å². The van der Waals surface area contributed by atoms with E-state index in [1.165, 1.54) is 18.1 Å². The monoisotopic (exact) mass is 361 g/mol. The molecule has 0 aromatic rings. The molecule has 0 spiro atoms. The van der Waals surface area contributed by atoms with Crippen LogP contribution < -0.4 is 5.73 Å². The van der Waals surface area contributed by atoms with Crippen molar-refractivity contribution in [1.82, 2.24) is 0 Å². The van der Waals surface area contributed by atoms with Gasteiger partial charge in [0.2, 0.25) is 0 Å². The molecule has 4 unspecified atom stereocenters. The zero-order chi connectivity index (χ0) is 18.9. The van der Waals surface area contributed by atoms with Crippen LogP contribution in [0.4, 0.5) is 0 Å². The molecular weight excluding hydrogens is 330 g/mol. The summed E-state index contributed by atoms with van der Waals surface area (Å²) in [6.07, 6.45) is 6.84. The first kappa shape index (κ1) is 18.2. The van der Waals surface area contributed by atoms with E-state index in [0.717, 1.165) is 19.3 Å². The van der Waals surface area contributed by atoms with Crippen molar-refractivity contribution in [2.75, 3.05) is 0 Å². The molecule has 0 amide bonds. The molecule has 0 aliphatic heterocycles. The van der Waals surface area contributed by atoms with Crippen molar-refractivity contribution in [3.8, 4) is 0 Å². The minimum Gasteiger partial charge on any atom is -0.460 e. The lowest BCUT2D eigenvalue weighted by molar-refractivity contribution is -0.157. The fourth-order valence-corrected chi connectivity index (χ4v) is 6.40. The molecule has 0 radical (unpaired) electrons. The number of hydrogen-bond donors (Lipinski definition) is 3. The maximum atomic E-state index is 11.5. The molecule has 26 heavy (non-hydrogen) atoms. The van der Waals surface area contributed by atoms with E-state index in [0.29, 0.717) is 24.7 Å². The number of ether oxygens (including phenoxy) is 1. The molecule has 0 heterocycles. The van der Waals surface area contributed by atoms with Gasteiger partial charge in [0.25, 0.3) is 0 Å². The fraction of sp³-hybridized carbons (Fsp3) is 0.762. The van der Waals surface area contributed by atoms with Gasteiger partial charge in [0.05, 0.1) is 12.2 Å². The third kappa shape index (κ3) is 2.44. The number of carbonyl (C=O) groups excluding carboxylic acids is 1. The van der Waals surface area contributed by atoms with E-state index in [1.54, 1.807) is 0 Å². The molecular formula is C21H31NO4. The van der Waals surface area contributed by atoms with Crippen LogP contribution in [0.5, 0.6) is 0 Å². The van der Waals surface area contributed by atoms with Crippen LogP contribution in [-0.2, 0) is 9.53 Å². The van der Waals surface area contributed by atoms with Gasteiger partial charge in [0.15, 0.2) is 0 Å². The molecule has 0 bridgehead atoms. The standard InChI is InChI=1S/C21H31NO4/c1-11(23)26-18-10-21(3)12(8-16(18)24)4-5-13-14(21)6-7-20(2)15(13)9-17(25)19(20)22/h4-5,14-19,24-25H,6-10,22H2,1-3H3/t14-,15+,16?,17?,18?,19?,20+,21+/m1/s1. The predicted molar refractivity (Wildman–Crippen MR) is 98.0 cm³/mol. The lowest BCUT2D eigenvalue weighted by Gasteiger charge is -2.55. The van der Waals surface area contributed by atoms with Crippen LogP contribution in [0.15, 0.2) is 23.3 Å². The summed E-state index contributed by atoms with van der Waals surface area (Å²) in [6.45, 7) is 5.89. The van der Waals surface area contributed by atoms with Crippen molar-refractivity contribution in [2.24, 2.45) is 28.4 Å². The van der Waals surface area contributed by atoms with Crippen molar-refractivity contribution in [3.63, 3.8) is 0 Å². The first-order chi connectivity index (χ1) is 12.2. The molecule has 0 saturated heterocycles. The second-order valence-corrected chi connectivity index (χ2v) is 9.38. The number of aliphatic hydroxyl groups excluding tert-OH is 2. The average molecular weight is 361 g/mol. The molecule has 144 valence electrons. The number of esters is 1. The first-order valence-electron chi connectivity index (χ1n) is 9.87. The topological polar surface area (TPSA) is 92.8 Å². The summed E-state index contributed by atoms with van der Waals surface area (Å²) >= 11 is 0. The summed E-state index contributed by atoms with van der Waals surface area (Å²) in [6, 6.07) is -0.172. The van der Waals surface area contributed by atoms with Crippen molar-refractivity contribution >= 4 is 5.97 Å². The van der Waals surface area contributed by atoms with Gasteiger partial charge in [-0.3, -0.25) is 4.79 Å². The van der Waals surface area contributed by atoms with E-state index in [4.69, 9.17) is 10.5 Å². The van der Waals surface area contributed by atoms with Crippen LogP contribution in [0.3, 0.4) is 0 Å². The molecule has 0 aromatic carbocycles. The number of nitrogens with two attached hydrogens (primary N) is 1. The molecule has 4 rings (SSSR count). The van der Waals surface area contributed by atoms with Gasteiger partial charge in [-0.2, -0.15) is 0 Å². The van der Waals surface area contributed by atoms with E-state index >= 15 is 0 Å². The summed E-state index contributed by atoms with van der Waals surface area (Å²) in [4.78, 5) is 11.5. The van der Waals surface area contributed by atoms with Crippen LogP contribution in [0.2, 0.25) is 0 Å². The Hall–Kier alpha value is -1.17. The highest BCUT2D eigenvalue weighted by Crippen LogP contribution is 2.63. The number of hydrogen-bond acceptors (Lipinski definition) is 5. The lowest BCUT2D eigenvalue weighted by atomic mass is 9.50. The molecule has 5 heteroatoms. The van der Waals surface area contributed by atoms with Crippen LogP contribution in [0.25, 0.3) is 0 Å². The average Bonchev–Trinajstić information content (AvgIpc) is 2.79. The summed E-state index contributed by atoms with van der Waals surface area (Å²) < 4.78 is 5.44. The summed E-state index contributed by atoms with van der Waals surface area (Å²) in [5, 5.41) is 20.8. The minimum atomic E-state index is -0.635. The molecule has 3 saturated carbocycles. The number of aliphatic hydroxyl groups is 2. The van der Waals surface area contributed by atoms with Crippen LogP contribution >= 0.6 is 0 Å². The number of rotatable bonds is 1. The number of allylic oxidation sites excluding steroid dienone is 3. The Bertz CT molecular complexity index is 685. The van der Waals surface area contributed by atoms with Gasteiger partial charge >= 0.3 is 5.97 Å². The van der Waals surface area contributed by atoms with Gasteiger partial charge in [-0.1, -0.05) is 37.1 Å². The Morgan fingerprint density at radius 1 is 1.23 bits per heavy atom. The highest BCUT2D eigenvalue weighted by Gasteiger charge is 2.59. The van der Waals surface area contributed by atoms with Crippen molar-refractivity contribution in [3.05, 3.63) is 23.3 Å². The Balaban J connectivity index is 1.68. The number of fused-ring (bicyclic) bond motifs is 5. The normalized spacial score (nSPS) is 50.1. The fourth-order valence-electron chi connectivity index (χ4n) is 6.40. The van der Waals surface area contributed by atoms with Crippen LogP contribution in [-0.4, -0.2) is 40.5 Å². The van der Waals surface area contributed by atoms with E-state index in [-0.39, 0.29) is 22.8 Å². The zero-order valence-corrected chi connectivity index (χ0v) is 15.9. The lowest BCUT2D eigenvalue weighted by Crippen LogP contribution is -2.52.